The predicted octanol–water partition coefficient (Wildman–Crippen LogP) is 1.65. The van der Waals surface area contributed by atoms with Gasteiger partial charge in [-0.15, -0.1) is 0 Å². The zero-order chi connectivity index (χ0) is 11.7. The molecule has 0 bridgehead atoms. The molecule has 1 heterocycles. The molecule has 1 fully saturated rings. The van der Waals surface area contributed by atoms with Crippen LogP contribution < -0.4 is 5.32 Å². The second-order valence-corrected chi connectivity index (χ2v) is 4.89. The number of aryl methyl sites for hydroxylation is 1. The van der Waals surface area contributed by atoms with Crippen LogP contribution in [0.15, 0.2) is 10.8 Å². The monoisotopic (exact) mass is 239 g/mol. The van der Waals surface area contributed by atoms with Crippen LogP contribution in [0.4, 0.5) is 0 Å². The largest absolute Gasteiger partial charge is 0.481 e. The molecule has 0 unspecified atom stereocenters. The van der Waals surface area contributed by atoms with Gasteiger partial charge in [-0.3, -0.25) is 9.59 Å². The molecule has 0 atom stereocenters. The van der Waals surface area contributed by atoms with E-state index < -0.39 is 5.97 Å². The predicted molar refractivity (Wildman–Crippen MR) is 60.7 cm³/mol. The molecule has 5 heteroatoms. The van der Waals surface area contributed by atoms with E-state index in [9.17, 15) is 9.59 Å². The van der Waals surface area contributed by atoms with Gasteiger partial charge in [0.1, 0.15) is 0 Å². The summed E-state index contributed by atoms with van der Waals surface area (Å²) in [5, 5.41) is 15.3. The summed E-state index contributed by atoms with van der Waals surface area (Å²) < 4.78 is 0. The van der Waals surface area contributed by atoms with Crippen molar-refractivity contribution in [3.05, 3.63) is 21.9 Å². The number of nitrogens with one attached hydrogen (secondary N) is 1. The molecule has 1 aromatic rings. The maximum Gasteiger partial charge on any atom is 0.306 e. The molecule has 4 nitrogen and oxygen atoms in total. The summed E-state index contributed by atoms with van der Waals surface area (Å²) in [5.41, 5.74) is 1.67. The lowest BCUT2D eigenvalue weighted by molar-refractivity contribution is -0.145. The Balaban J connectivity index is 1.87. The van der Waals surface area contributed by atoms with Crippen molar-refractivity contribution in [2.75, 3.05) is 0 Å². The van der Waals surface area contributed by atoms with Crippen molar-refractivity contribution in [2.45, 2.75) is 25.8 Å². The molecule has 1 aromatic heterocycles. The average molecular weight is 239 g/mol. The fraction of sp³-hybridized carbons (Fsp3) is 0.455. The van der Waals surface area contributed by atoms with E-state index in [2.05, 4.69) is 5.32 Å². The van der Waals surface area contributed by atoms with E-state index in [1.807, 2.05) is 17.7 Å². The zero-order valence-electron chi connectivity index (χ0n) is 8.90. The Labute approximate surface area is 97.3 Å². The summed E-state index contributed by atoms with van der Waals surface area (Å²) in [4.78, 5) is 22.3. The number of carbonyl (C=O) groups is 2. The van der Waals surface area contributed by atoms with E-state index in [-0.39, 0.29) is 17.9 Å². The maximum atomic E-state index is 11.8. The number of carboxylic acid groups (broad SMARTS) is 1. The molecule has 0 spiro atoms. The standard InChI is InChI=1S/C11H13NO3S/c1-6-4-16-5-9(6)10(13)12-8-2-7(3-8)11(14)15/h4-5,7-8H,2-3H2,1H3,(H,12,13)(H,14,15). The van der Waals surface area contributed by atoms with Gasteiger partial charge < -0.3 is 10.4 Å². The summed E-state index contributed by atoms with van der Waals surface area (Å²) in [7, 11) is 0. The van der Waals surface area contributed by atoms with Gasteiger partial charge in [-0.1, -0.05) is 0 Å². The molecule has 1 aliphatic carbocycles. The maximum absolute atomic E-state index is 11.8. The van der Waals surface area contributed by atoms with Crippen molar-refractivity contribution < 1.29 is 14.7 Å². The van der Waals surface area contributed by atoms with Gasteiger partial charge in [0.05, 0.1) is 11.5 Å². The zero-order valence-corrected chi connectivity index (χ0v) is 9.71. The fourth-order valence-corrected chi connectivity index (χ4v) is 2.62. The normalized spacial score (nSPS) is 23.6. The van der Waals surface area contributed by atoms with Crippen LogP contribution in [0.1, 0.15) is 28.8 Å². The minimum Gasteiger partial charge on any atom is -0.481 e. The van der Waals surface area contributed by atoms with Gasteiger partial charge in [0, 0.05) is 11.4 Å². The Bertz CT molecular complexity index is 421. The van der Waals surface area contributed by atoms with Crippen LogP contribution in [0.25, 0.3) is 0 Å². The third-order valence-corrected chi connectivity index (χ3v) is 3.78. The summed E-state index contributed by atoms with van der Waals surface area (Å²) in [6.45, 7) is 1.90. The molecule has 0 aliphatic heterocycles. The highest BCUT2D eigenvalue weighted by Crippen LogP contribution is 2.28. The number of rotatable bonds is 3. The highest BCUT2D eigenvalue weighted by atomic mass is 32.1. The Morgan fingerprint density at radius 1 is 1.44 bits per heavy atom. The first-order valence-corrected chi connectivity index (χ1v) is 6.08. The lowest BCUT2D eigenvalue weighted by Gasteiger charge is -2.32. The van der Waals surface area contributed by atoms with Crippen molar-refractivity contribution in [1.82, 2.24) is 5.32 Å². The molecule has 0 radical (unpaired) electrons. The highest BCUT2D eigenvalue weighted by molar-refractivity contribution is 7.08. The molecular weight excluding hydrogens is 226 g/mol. The summed E-state index contributed by atoms with van der Waals surface area (Å²) in [6.07, 6.45) is 1.09. The van der Waals surface area contributed by atoms with Crippen molar-refractivity contribution in [2.24, 2.45) is 5.92 Å². The molecule has 0 saturated heterocycles. The fourth-order valence-electron chi connectivity index (χ4n) is 1.79. The molecule has 2 N–H and O–H groups in total. The van der Waals surface area contributed by atoms with Crippen LogP contribution in [-0.2, 0) is 4.79 Å². The first-order valence-electron chi connectivity index (χ1n) is 5.14. The topological polar surface area (TPSA) is 66.4 Å². The second-order valence-electron chi connectivity index (χ2n) is 4.15. The van der Waals surface area contributed by atoms with Gasteiger partial charge in [-0.05, 0) is 30.7 Å². The molecule has 1 aliphatic rings. The molecule has 0 aromatic carbocycles. The van der Waals surface area contributed by atoms with Crippen molar-refractivity contribution in [1.29, 1.82) is 0 Å². The van der Waals surface area contributed by atoms with Gasteiger partial charge in [0.15, 0.2) is 0 Å². The molecule has 1 saturated carbocycles. The van der Waals surface area contributed by atoms with Gasteiger partial charge in [-0.25, -0.2) is 0 Å². The summed E-state index contributed by atoms with van der Waals surface area (Å²) >= 11 is 1.50. The number of aliphatic carboxylic acids is 1. The van der Waals surface area contributed by atoms with Gasteiger partial charge >= 0.3 is 5.97 Å². The molecular formula is C11H13NO3S. The van der Waals surface area contributed by atoms with E-state index in [4.69, 9.17) is 5.11 Å². The van der Waals surface area contributed by atoms with E-state index >= 15 is 0 Å². The second kappa shape index (κ2) is 4.25. The Hall–Kier alpha value is -1.36. The summed E-state index contributed by atoms with van der Waals surface area (Å²) in [5.74, 6) is -1.14. The average Bonchev–Trinajstić information content (AvgIpc) is 2.56. The van der Waals surface area contributed by atoms with E-state index in [1.165, 1.54) is 11.3 Å². The Morgan fingerprint density at radius 2 is 2.12 bits per heavy atom. The van der Waals surface area contributed by atoms with Gasteiger partial charge in [0.2, 0.25) is 0 Å². The first kappa shape index (κ1) is 11.1. The minimum absolute atomic E-state index is 0.0212. The Kier molecular flexibility index (Phi) is 2.96. The van der Waals surface area contributed by atoms with E-state index in [1.54, 1.807) is 0 Å². The summed E-state index contributed by atoms with van der Waals surface area (Å²) in [6, 6.07) is 0.0212. The first-order chi connectivity index (χ1) is 7.58. The van der Waals surface area contributed by atoms with Crippen LogP contribution in [0.3, 0.4) is 0 Å². The molecule has 16 heavy (non-hydrogen) atoms. The number of carbonyl (C=O) groups excluding carboxylic acids is 1. The van der Waals surface area contributed by atoms with Crippen molar-refractivity contribution >= 4 is 23.2 Å². The van der Waals surface area contributed by atoms with Gasteiger partial charge in [0.25, 0.3) is 5.91 Å². The molecule has 1 amide bonds. The SMILES string of the molecule is Cc1cscc1C(=O)NC1CC(C(=O)O)C1. The van der Waals surface area contributed by atoms with Crippen LogP contribution >= 0.6 is 11.3 Å². The van der Waals surface area contributed by atoms with Crippen molar-refractivity contribution in [3.8, 4) is 0 Å². The lowest BCUT2D eigenvalue weighted by Crippen LogP contribution is -2.46. The van der Waals surface area contributed by atoms with Crippen LogP contribution in [0, 0.1) is 12.8 Å². The highest BCUT2D eigenvalue weighted by Gasteiger charge is 2.35. The quantitative estimate of drug-likeness (QED) is 0.842. The minimum atomic E-state index is -0.766. The third kappa shape index (κ3) is 2.09. The number of amides is 1. The van der Waals surface area contributed by atoms with Crippen molar-refractivity contribution in [3.63, 3.8) is 0 Å². The van der Waals surface area contributed by atoms with Crippen LogP contribution in [-0.4, -0.2) is 23.0 Å². The van der Waals surface area contributed by atoms with E-state index in [0.717, 1.165) is 5.56 Å². The molecule has 2 rings (SSSR count). The number of thiophene rings is 1. The van der Waals surface area contributed by atoms with Gasteiger partial charge in [-0.2, -0.15) is 11.3 Å². The third-order valence-electron chi connectivity index (χ3n) is 2.92. The van der Waals surface area contributed by atoms with E-state index in [0.29, 0.717) is 18.4 Å². The smallest absolute Gasteiger partial charge is 0.306 e. The molecule has 86 valence electrons. The van der Waals surface area contributed by atoms with Crippen LogP contribution in [0.5, 0.6) is 0 Å². The lowest BCUT2D eigenvalue weighted by atomic mass is 9.80. The number of hydrogen-bond donors (Lipinski definition) is 2. The number of carboxylic acids is 1. The number of hydrogen-bond acceptors (Lipinski definition) is 3. The van der Waals surface area contributed by atoms with Crippen LogP contribution in [0.2, 0.25) is 0 Å². The Morgan fingerprint density at radius 3 is 2.62 bits per heavy atom.